The molecule has 0 heterocycles. The van der Waals surface area contributed by atoms with Gasteiger partial charge in [-0.25, -0.2) is 0 Å². The predicted octanol–water partition coefficient (Wildman–Crippen LogP) is 2.28. The molecule has 0 fully saturated rings. The topological polar surface area (TPSA) is 92.5 Å². The van der Waals surface area contributed by atoms with Crippen molar-refractivity contribution in [2.45, 2.75) is 25.7 Å². The normalized spacial score (nSPS) is 10.7. The number of nitrogens with one attached hydrogen (secondary N) is 1. The van der Waals surface area contributed by atoms with E-state index in [-0.39, 0.29) is 18.2 Å². The standard InChI is InChI=1S/C15H20N2O4/c18-12-4-2-1-3-11-16-15(19)10-7-13-5-8-14(9-6-13)17(20)21/h5-10,18H,1-4,11-12H2,(H,16,19)/b10-7+. The summed E-state index contributed by atoms with van der Waals surface area (Å²) in [6.45, 7) is 0.819. The molecule has 0 aliphatic carbocycles. The molecule has 6 nitrogen and oxygen atoms in total. The van der Waals surface area contributed by atoms with E-state index in [1.807, 2.05) is 0 Å². The Kier molecular flexibility index (Phi) is 7.74. The third-order valence-corrected chi connectivity index (χ3v) is 2.92. The molecular weight excluding hydrogens is 272 g/mol. The Morgan fingerprint density at radius 1 is 1.19 bits per heavy atom. The van der Waals surface area contributed by atoms with Crippen LogP contribution in [0.25, 0.3) is 6.08 Å². The summed E-state index contributed by atoms with van der Waals surface area (Å²) in [5.41, 5.74) is 0.762. The summed E-state index contributed by atoms with van der Waals surface area (Å²) < 4.78 is 0. The van der Waals surface area contributed by atoms with Gasteiger partial charge in [-0.05, 0) is 36.6 Å². The number of carbonyl (C=O) groups is 1. The van der Waals surface area contributed by atoms with Crippen LogP contribution in [0.2, 0.25) is 0 Å². The predicted molar refractivity (Wildman–Crippen MR) is 80.7 cm³/mol. The molecule has 114 valence electrons. The van der Waals surface area contributed by atoms with E-state index in [4.69, 9.17) is 5.11 Å². The highest BCUT2D eigenvalue weighted by Gasteiger charge is 2.02. The summed E-state index contributed by atoms with van der Waals surface area (Å²) >= 11 is 0. The monoisotopic (exact) mass is 292 g/mol. The molecule has 0 spiro atoms. The van der Waals surface area contributed by atoms with Gasteiger partial charge in [-0.1, -0.05) is 12.8 Å². The minimum atomic E-state index is -0.461. The smallest absolute Gasteiger partial charge is 0.269 e. The zero-order valence-corrected chi connectivity index (χ0v) is 11.8. The summed E-state index contributed by atoms with van der Waals surface area (Å²) in [4.78, 5) is 21.6. The molecule has 0 bridgehead atoms. The number of benzene rings is 1. The average molecular weight is 292 g/mol. The van der Waals surface area contributed by atoms with Gasteiger partial charge in [0.15, 0.2) is 0 Å². The van der Waals surface area contributed by atoms with Gasteiger partial charge in [0.1, 0.15) is 0 Å². The number of hydrogen-bond acceptors (Lipinski definition) is 4. The number of unbranched alkanes of at least 4 members (excludes halogenated alkanes) is 3. The van der Waals surface area contributed by atoms with Crippen molar-refractivity contribution in [2.75, 3.05) is 13.2 Å². The lowest BCUT2D eigenvalue weighted by Crippen LogP contribution is -2.21. The van der Waals surface area contributed by atoms with Gasteiger partial charge in [0.25, 0.3) is 5.69 Å². The quantitative estimate of drug-likeness (QED) is 0.316. The number of aliphatic hydroxyl groups excluding tert-OH is 1. The van der Waals surface area contributed by atoms with Crippen molar-refractivity contribution in [1.82, 2.24) is 5.32 Å². The molecule has 6 heteroatoms. The fraction of sp³-hybridized carbons (Fsp3) is 0.400. The van der Waals surface area contributed by atoms with E-state index in [0.29, 0.717) is 6.54 Å². The molecule has 0 saturated heterocycles. The molecule has 1 aromatic rings. The summed E-state index contributed by atoms with van der Waals surface area (Å²) in [5, 5.41) is 21.9. The van der Waals surface area contributed by atoms with Crippen molar-refractivity contribution < 1.29 is 14.8 Å². The maximum atomic E-state index is 11.5. The number of amides is 1. The fourth-order valence-electron chi connectivity index (χ4n) is 1.74. The molecule has 1 rings (SSSR count). The van der Waals surface area contributed by atoms with Gasteiger partial charge in [0.2, 0.25) is 5.91 Å². The van der Waals surface area contributed by atoms with Gasteiger partial charge in [-0.15, -0.1) is 0 Å². The molecule has 0 aromatic heterocycles. The lowest BCUT2D eigenvalue weighted by atomic mass is 10.2. The van der Waals surface area contributed by atoms with Crippen LogP contribution in [0.15, 0.2) is 30.3 Å². The summed E-state index contributed by atoms with van der Waals surface area (Å²) in [7, 11) is 0. The number of nitro benzene ring substituents is 1. The van der Waals surface area contributed by atoms with E-state index in [1.54, 1.807) is 18.2 Å². The number of aliphatic hydroxyl groups is 1. The van der Waals surface area contributed by atoms with E-state index >= 15 is 0 Å². The van der Waals surface area contributed by atoms with E-state index < -0.39 is 4.92 Å². The van der Waals surface area contributed by atoms with Gasteiger partial charge < -0.3 is 10.4 Å². The first-order valence-electron chi connectivity index (χ1n) is 6.94. The molecule has 0 aliphatic rings. The van der Waals surface area contributed by atoms with Crippen LogP contribution in [0.3, 0.4) is 0 Å². The Bertz CT molecular complexity index is 483. The number of nitrogens with zero attached hydrogens (tertiary/aromatic N) is 1. The Morgan fingerprint density at radius 3 is 2.48 bits per heavy atom. The van der Waals surface area contributed by atoms with Crippen molar-refractivity contribution in [3.8, 4) is 0 Å². The Labute approximate surface area is 123 Å². The molecule has 0 radical (unpaired) electrons. The Hall–Kier alpha value is -2.21. The highest BCUT2D eigenvalue weighted by molar-refractivity contribution is 5.91. The molecule has 0 atom stereocenters. The number of carbonyl (C=O) groups excluding carboxylic acids is 1. The highest BCUT2D eigenvalue weighted by Crippen LogP contribution is 2.12. The summed E-state index contributed by atoms with van der Waals surface area (Å²) in [6, 6.07) is 5.99. The number of hydrogen-bond donors (Lipinski definition) is 2. The van der Waals surface area contributed by atoms with Crippen LogP contribution in [0.4, 0.5) is 5.69 Å². The largest absolute Gasteiger partial charge is 0.396 e. The summed E-state index contributed by atoms with van der Waals surface area (Å²) in [5.74, 6) is -0.185. The first-order chi connectivity index (χ1) is 10.1. The first-order valence-corrected chi connectivity index (χ1v) is 6.94. The van der Waals surface area contributed by atoms with E-state index in [2.05, 4.69) is 5.32 Å². The summed E-state index contributed by atoms with van der Waals surface area (Å²) in [6.07, 6.45) is 6.66. The molecule has 21 heavy (non-hydrogen) atoms. The van der Waals surface area contributed by atoms with Gasteiger partial charge >= 0.3 is 0 Å². The van der Waals surface area contributed by atoms with Crippen LogP contribution in [0.1, 0.15) is 31.2 Å². The van der Waals surface area contributed by atoms with E-state index in [9.17, 15) is 14.9 Å². The van der Waals surface area contributed by atoms with E-state index in [1.165, 1.54) is 18.2 Å². The van der Waals surface area contributed by atoms with Crippen LogP contribution < -0.4 is 5.32 Å². The molecule has 2 N–H and O–H groups in total. The molecule has 0 aliphatic heterocycles. The van der Waals surface area contributed by atoms with Crippen LogP contribution in [-0.2, 0) is 4.79 Å². The maximum Gasteiger partial charge on any atom is 0.269 e. The maximum absolute atomic E-state index is 11.5. The van der Waals surface area contributed by atoms with Gasteiger partial charge in [0.05, 0.1) is 4.92 Å². The molecule has 1 amide bonds. The van der Waals surface area contributed by atoms with Crippen LogP contribution in [0.5, 0.6) is 0 Å². The number of non-ortho nitro benzene ring substituents is 1. The van der Waals surface area contributed by atoms with Crippen LogP contribution in [-0.4, -0.2) is 29.1 Å². The van der Waals surface area contributed by atoms with Crippen molar-refractivity contribution in [3.05, 3.63) is 46.0 Å². The SMILES string of the molecule is O=C(/C=C/c1ccc([N+](=O)[O-])cc1)NCCCCCCO. The van der Waals surface area contributed by atoms with Gasteiger partial charge in [-0.2, -0.15) is 0 Å². The fourth-order valence-corrected chi connectivity index (χ4v) is 1.74. The van der Waals surface area contributed by atoms with Crippen molar-refractivity contribution in [1.29, 1.82) is 0 Å². The molecule has 1 aromatic carbocycles. The lowest BCUT2D eigenvalue weighted by molar-refractivity contribution is -0.384. The second-order valence-corrected chi connectivity index (χ2v) is 4.61. The first kappa shape index (κ1) is 16.8. The van der Waals surface area contributed by atoms with Crippen molar-refractivity contribution in [2.24, 2.45) is 0 Å². The highest BCUT2D eigenvalue weighted by atomic mass is 16.6. The van der Waals surface area contributed by atoms with Gasteiger partial charge in [0, 0.05) is 31.4 Å². The van der Waals surface area contributed by atoms with Crippen molar-refractivity contribution >= 4 is 17.7 Å². The average Bonchev–Trinajstić information content (AvgIpc) is 2.49. The third kappa shape index (κ3) is 7.22. The third-order valence-electron chi connectivity index (χ3n) is 2.92. The van der Waals surface area contributed by atoms with Crippen LogP contribution in [0, 0.1) is 10.1 Å². The zero-order valence-electron chi connectivity index (χ0n) is 11.8. The Balaban J connectivity index is 2.28. The lowest BCUT2D eigenvalue weighted by Gasteiger charge is -2.01. The Morgan fingerprint density at radius 2 is 1.86 bits per heavy atom. The minimum absolute atomic E-state index is 0.0273. The zero-order chi connectivity index (χ0) is 15.5. The molecular formula is C15H20N2O4. The number of nitro groups is 1. The minimum Gasteiger partial charge on any atom is -0.396 e. The molecule has 0 unspecified atom stereocenters. The van der Waals surface area contributed by atoms with Crippen molar-refractivity contribution in [3.63, 3.8) is 0 Å². The molecule has 0 saturated carbocycles. The number of rotatable bonds is 9. The van der Waals surface area contributed by atoms with E-state index in [0.717, 1.165) is 31.2 Å². The van der Waals surface area contributed by atoms with Gasteiger partial charge in [-0.3, -0.25) is 14.9 Å². The second kappa shape index (κ2) is 9.66. The second-order valence-electron chi connectivity index (χ2n) is 4.61. The van der Waals surface area contributed by atoms with Crippen LogP contribution >= 0.6 is 0 Å².